The van der Waals surface area contributed by atoms with E-state index in [1.54, 1.807) is 27.0 Å². The maximum atomic E-state index is 14.3. The summed E-state index contributed by atoms with van der Waals surface area (Å²) in [5, 5.41) is 22.9. The van der Waals surface area contributed by atoms with E-state index in [0.717, 1.165) is 32.8 Å². The van der Waals surface area contributed by atoms with Gasteiger partial charge in [0.2, 0.25) is 23.6 Å². The Balaban J connectivity index is 1.58. The molecule has 1 aromatic heterocycles. The van der Waals surface area contributed by atoms with Gasteiger partial charge in [0.25, 0.3) is 0 Å². The van der Waals surface area contributed by atoms with Crippen molar-refractivity contribution in [2.24, 2.45) is 0 Å². The van der Waals surface area contributed by atoms with E-state index in [0.29, 0.717) is 12.8 Å². The van der Waals surface area contributed by atoms with Crippen LogP contribution in [0.4, 0.5) is 4.79 Å². The van der Waals surface area contributed by atoms with E-state index in [1.807, 2.05) is 73.7 Å². The summed E-state index contributed by atoms with van der Waals surface area (Å²) in [6.45, 7) is 7.01. The summed E-state index contributed by atoms with van der Waals surface area (Å²) in [7, 11) is 2.86. The second-order valence-electron chi connectivity index (χ2n) is 14.5. The molecule has 4 rings (SSSR count). The van der Waals surface area contributed by atoms with Crippen LogP contribution in [0.15, 0.2) is 72.9 Å². The Bertz CT molecular complexity index is 2000. The van der Waals surface area contributed by atoms with Crippen molar-refractivity contribution in [2.45, 2.75) is 96.0 Å². The number of likely N-dealkylation sites (N-methyl/N-ethyl adjacent to an activating group) is 2. The number of unbranched alkanes of at least 4 members (excludes halogenated alkanes) is 1. The Morgan fingerprint density at radius 1 is 0.782 bits per heavy atom. The lowest BCUT2D eigenvalue weighted by atomic mass is 9.98. The minimum atomic E-state index is -1.58. The molecule has 0 aliphatic rings. The number of alkyl carbamates (subject to hydrolysis) is 1. The Morgan fingerprint density at radius 2 is 1.42 bits per heavy atom. The van der Waals surface area contributed by atoms with Crippen LogP contribution in [0.25, 0.3) is 21.7 Å². The molecule has 0 spiro atoms. The van der Waals surface area contributed by atoms with Crippen molar-refractivity contribution in [3.05, 3.63) is 84.1 Å². The number of amides is 5. The van der Waals surface area contributed by atoms with Crippen LogP contribution in [-0.4, -0.2) is 94.5 Å². The smallest absolute Gasteiger partial charge is 0.408 e. The summed E-state index contributed by atoms with van der Waals surface area (Å²) in [5.74, 6) is -4.11. The first kappa shape index (κ1) is 41.8. The number of benzene rings is 3. The molecule has 55 heavy (non-hydrogen) atoms. The standard InChI is InChI=1S/C41H52N6O8/c1-7-8-20-34(47(6)39(53)33(46-40(54)55-41(2,3)4)22-27-24-43-30-19-12-11-18-29(27)30)38(52)45-32(23-35(48)49)37(51)44-31(36(50)42-5)21-26-16-13-15-25-14-9-10-17-28(25)26/h9-19,24,31-34,43H,7-8,20-23H2,1-6H3,(H,42,50)(H,44,51)(H,45,52)(H,46,54)(H,48,49)/t31-,32-,33-,34-/m0/s1. The fourth-order valence-corrected chi connectivity index (χ4v) is 6.47. The van der Waals surface area contributed by atoms with Crippen LogP contribution in [0.5, 0.6) is 0 Å². The number of H-pyrrole nitrogens is 1. The molecule has 0 aliphatic heterocycles. The molecule has 0 saturated heterocycles. The monoisotopic (exact) mass is 756 g/mol. The Hall–Kier alpha value is -5.92. The third-order valence-corrected chi connectivity index (χ3v) is 9.23. The predicted molar refractivity (Wildman–Crippen MR) is 209 cm³/mol. The number of aromatic amines is 1. The zero-order valence-electron chi connectivity index (χ0n) is 32.2. The highest BCUT2D eigenvalue weighted by Crippen LogP contribution is 2.22. The number of aromatic nitrogens is 1. The number of carboxylic acid groups (broad SMARTS) is 1. The molecule has 0 aliphatic carbocycles. The largest absolute Gasteiger partial charge is 0.481 e. The van der Waals surface area contributed by atoms with Gasteiger partial charge in [0.05, 0.1) is 6.42 Å². The van der Waals surface area contributed by atoms with Crippen LogP contribution in [0.2, 0.25) is 0 Å². The summed E-state index contributed by atoms with van der Waals surface area (Å²) in [5.41, 5.74) is 1.53. The van der Waals surface area contributed by atoms with Crippen molar-refractivity contribution in [1.29, 1.82) is 0 Å². The van der Waals surface area contributed by atoms with Crippen molar-refractivity contribution in [1.82, 2.24) is 31.2 Å². The SMILES string of the molecule is CCCC[C@@H](C(=O)N[C@@H](CC(=O)O)C(=O)N[C@@H](Cc1cccc2ccccc12)C(=O)NC)N(C)C(=O)[C@H](Cc1c[nH]c2ccccc12)NC(=O)OC(C)(C)C. The van der Waals surface area contributed by atoms with E-state index in [2.05, 4.69) is 26.3 Å². The van der Waals surface area contributed by atoms with Gasteiger partial charge in [0.15, 0.2) is 0 Å². The summed E-state index contributed by atoms with van der Waals surface area (Å²) < 4.78 is 5.47. The van der Waals surface area contributed by atoms with Crippen molar-refractivity contribution < 1.29 is 38.6 Å². The van der Waals surface area contributed by atoms with Crippen LogP contribution in [0.1, 0.15) is 64.5 Å². The highest BCUT2D eigenvalue weighted by atomic mass is 16.6. The van der Waals surface area contributed by atoms with Gasteiger partial charge >= 0.3 is 12.1 Å². The highest BCUT2D eigenvalue weighted by Gasteiger charge is 2.36. The Kier molecular flexibility index (Phi) is 14.4. The summed E-state index contributed by atoms with van der Waals surface area (Å²) in [4.78, 5) is 84.5. The second kappa shape index (κ2) is 18.9. The number of nitrogens with one attached hydrogen (secondary N) is 5. The number of para-hydroxylation sites is 1. The maximum Gasteiger partial charge on any atom is 0.408 e. The van der Waals surface area contributed by atoms with Crippen molar-refractivity contribution in [3.8, 4) is 0 Å². The number of ether oxygens (including phenoxy) is 1. The van der Waals surface area contributed by atoms with Crippen LogP contribution < -0.4 is 21.3 Å². The minimum absolute atomic E-state index is 0.0656. The molecular formula is C41H52N6O8. The molecule has 6 N–H and O–H groups in total. The molecule has 294 valence electrons. The highest BCUT2D eigenvalue weighted by molar-refractivity contribution is 5.97. The fourth-order valence-electron chi connectivity index (χ4n) is 6.47. The molecule has 5 amide bonds. The molecule has 1 heterocycles. The minimum Gasteiger partial charge on any atom is -0.481 e. The zero-order chi connectivity index (χ0) is 40.3. The van der Waals surface area contributed by atoms with Gasteiger partial charge < -0.3 is 41.0 Å². The average Bonchev–Trinajstić information content (AvgIpc) is 3.55. The van der Waals surface area contributed by atoms with E-state index >= 15 is 0 Å². The van der Waals surface area contributed by atoms with Gasteiger partial charge in [-0.05, 0) is 55.2 Å². The number of rotatable bonds is 17. The van der Waals surface area contributed by atoms with Gasteiger partial charge in [-0.25, -0.2) is 4.79 Å². The van der Waals surface area contributed by atoms with Crippen LogP contribution >= 0.6 is 0 Å². The maximum absolute atomic E-state index is 14.3. The van der Waals surface area contributed by atoms with E-state index in [4.69, 9.17) is 4.74 Å². The fraction of sp³-hybridized carbons (Fsp3) is 0.415. The first-order valence-corrected chi connectivity index (χ1v) is 18.4. The van der Waals surface area contributed by atoms with E-state index < -0.39 is 71.9 Å². The molecule has 0 bridgehead atoms. The molecule has 3 aromatic carbocycles. The lowest BCUT2D eigenvalue weighted by molar-refractivity contribution is -0.144. The van der Waals surface area contributed by atoms with Crippen molar-refractivity contribution >= 4 is 57.4 Å². The number of hydrogen-bond acceptors (Lipinski definition) is 7. The molecule has 0 saturated carbocycles. The summed E-state index contributed by atoms with van der Waals surface area (Å²) in [6, 6.07) is 15.7. The average molecular weight is 757 g/mol. The topological polar surface area (TPSA) is 199 Å². The first-order valence-electron chi connectivity index (χ1n) is 18.4. The predicted octanol–water partition coefficient (Wildman–Crippen LogP) is 4.21. The number of carbonyl (C=O) groups excluding carboxylic acids is 5. The number of aliphatic carboxylic acids is 1. The number of hydrogen-bond donors (Lipinski definition) is 6. The van der Waals surface area contributed by atoms with E-state index in [-0.39, 0.29) is 19.3 Å². The van der Waals surface area contributed by atoms with Crippen LogP contribution in [-0.2, 0) is 41.6 Å². The molecular weight excluding hydrogens is 704 g/mol. The van der Waals surface area contributed by atoms with Gasteiger partial charge in [-0.3, -0.25) is 24.0 Å². The molecule has 0 unspecified atom stereocenters. The summed E-state index contributed by atoms with van der Waals surface area (Å²) in [6.07, 6.45) is 1.68. The van der Waals surface area contributed by atoms with Gasteiger partial charge in [-0.1, -0.05) is 80.4 Å². The van der Waals surface area contributed by atoms with Gasteiger partial charge in [-0.15, -0.1) is 0 Å². The number of carbonyl (C=O) groups is 6. The van der Waals surface area contributed by atoms with Gasteiger partial charge in [0.1, 0.15) is 29.8 Å². The number of carboxylic acids is 1. The number of nitrogens with zero attached hydrogens (tertiary/aromatic N) is 1. The van der Waals surface area contributed by atoms with E-state index in [9.17, 15) is 33.9 Å². The van der Waals surface area contributed by atoms with Crippen molar-refractivity contribution in [3.63, 3.8) is 0 Å². The molecule has 4 aromatic rings. The normalized spacial score (nSPS) is 13.6. The zero-order valence-corrected chi connectivity index (χ0v) is 32.2. The Labute approximate surface area is 320 Å². The molecule has 4 atom stereocenters. The van der Waals surface area contributed by atoms with Crippen LogP contribution in [0.3, 0.4) is 0 Å². The lowest BCUT2D eigenvalue weighted by Crippen LogP contribution is -2.59. The number of fused-ring (bicyclic) bond motifs is 2. The third kappa shape index (κ3) is 11.5. The Morgan fingerprint density at radius 3 is 2.09 bits per heavy atom. The van der Waals surface area contributed by atoms with Crippen molar-refractivity contribution in [2.75, 3.05) is 14.1 Å². The molecule has 0 radical (unpaired) electrons. The quantitative estimate of drug-likeness (QED) is 0.0921. The molecule has 14 heteroatoms. The first-order chi connectivity index (χ1) is 26.1. The van der Waals surface area contributed by atoms with Gasteiger partial charge in [0, 0.05) is 44.0 Å². The van der Waals surface area contributed by atoms with Crippen LogP contribution in [0, 0.1) is 0 Å². The van der Waals surface area contributed by atoms with E-state index in [1.165, 1.54) is 19.0 Å². The second-order valence-corrected chi connectivity index (χ2v) is 14.5. The van der Waals surface area contributed by atoms with Gasteiger partial charge in [-0.2, -0.15) is 0 Å². The summed E-state index contributed by atoms with van der Waals surface area (Å²) >= 11 is 0. The molecule has 0 fully saturated rings. The molecule has 14 nitrogen and oxygen atoms in total. The lowest BCUT2D eigenvalue weighted by Gasteiger charge is -2.32. The third-order valence-electron chi connectivity index (χ3n) is 9.23.